The van der Waals surface area contributed by atoms with Crippen LogP contribution >= 0.6 is 0 Å². The second-order valence-electron chi connectivity index (χ2n) is 5.29. The summed E-state index contributed by atoms with van der Waals surface area (Å²) in [5, 5.41) is 16.9. The Morgan fingerprint density at radius 1 is 1.59 bits per heavy atom. The summed E-state index contributed by atoms with van der Waals surface area (Å²) >= 11 is 0. The van der Waals surface area contributed by atoms with Gasteiger partial charge in [-0.1, -0.05) is 0 Å². The Bertz CT molecular complexity index is 444. The average molecular weight is 237 g/mol. The van der Waals surface area contributed by atoms with Crippen LogP contribution in [0.2, 0.25) is 0 Å². The lowest BCUT2D eigenvalue weighted by Gasteiger charge is -2.16. The van der Waals surface area contributed by atoms with Crippen molar-refractivity contribution in [2.24, 2.45) is 0 Å². The maximum Gasteiger partial charge on any atom is 0.268 e. The third-order valence-corrected chi connectivity index (χ3v) is 2.75. The molecule has 2 N–H and O–H groups in total. The van der Waals surface area contributed by atoms with E-state index in [4.69, 9.17) is 0 Å². The van der Waals surface area contributed by atoms with E-state index in [-0.39, 0.29) is 5.56 Å². The molecule has 0 bridgehead atoms. The minimum atomic E-state index is -0.772. The lowest BCUT2D eigenvalue weighted by Crippen LogP contribution is -2.28. The van der Waals surface area contributed by atoms with Crippen LogP contribution in [-0.4, -0.2) is 26.5 Å². The molecule has 0 amide bonds. The van der Waals surface area contributed by atoms with Crippen molar-refractivity contribution in [3.05, 3.63) is 22.6 Å². The molecule has 94 valence electrons. The zero-order valence-electron chi connectivity index (χ0n) is 10.3. The van der Waals surface area contributed by atoms with Crippen LogP contribution in [0.25, 0.3) is 0 Å². The van der Waals surface area contributed by atoms with Crippen LogP contribution < -0.4 is 10.9 Å². The van der Waals surface area contributed by atoms with Crippen LogP contribution in [0.5, 0.6) is 0 Å². The fourth-order valence-electron chi connectivity index (χ4n) is 1.52. The van der Waals surface area contributed by atoms with Gasteiger partial charge < -0.3 is 10.4 Å². The summed E-state index contributed by atoms with van der Waals surface area (Å²) in [6.45, 7) is 3.88. The van der Waals surface area contributed by atoms with E-state index in [1.807, 2.05) is 0 Å². The molecule has 5 nitrogen and oxygen atoms in total. The fourth-order valence-corrected chi connectivity index (χ4v) is 1.52. The SMILES string of the molecule is CC(C)(O)CCn1ncc(NC2CC2)cc1=O. The first-order chi connectivity index (χ1) is 7.94. The minimum absolute atomic E-state index is 0.125. The van der Waals surface area contributed by atoms with E-state index in [1.54, 1.807) is 26.1 Å². The molecule has 0 unspecified atom stereocenters. The molecule has 1 heterocycles. The van der Waals surface area contributed by atoms with E-state index in [1.165, 1.54) is 17.5 Å². The molecule has 5 heteroatoms. The van der Waals surface area contributed by atoms with Crippen molar-refractivity contribution in [3.8, 4) is 0 Å². The average Bonchev–Trinajstić information content (AvgIpc) is 2.99. The monoisotopic (exact) mass is 237 g/mol. The molecule has 17 heavy (non-hydrogen) atoms. The minimum Gasteiger partial charge on any atom is -0.390 e. The Labute approximate surface area is 100 Å². The summed E-state index contributed by atoms with van der Waals surface area (Å²) in [6, 6.07) is 2.08. The van der Waals surface area contributed by atoms with Gasteiger partial charge in [0.15, 0.2) is 0 Å². The Morgan fingerprint density at radius 3 is 2.82 bits per heavy atom. The predicted octanol–water partition coefficient (Wildman–Crippen LogP) is 0.979. The molecule has 0 aliphatic heterocycles. The molecule has 0 saturated heterocycles. The smallest absolute Gasteiger partial charge is 0.268 e. The topological polar surface area (TPSA) is 67.2 Å². The van der Waals surface area contributed by atoms with Gasteiger partial charge in [0, 0.05) is 18.7 Å². The molecule has 2 rings (SSSR count). The second kappa shape index (κ2) is 4.49. The first-order valence-corrected chi connectivity index (χ1v) is 6.00. The number of nitrogens with zero attached hydrogens (tertiary/aromatic N) is 2. The lowest BCUT2D eigenvalue weighted by atomic mass is 10.1. The highest BCUT2D eigenvalue weighted by atomic mass is 16.3. The Balaban J connectivity index is 2.00. The predicted molar refractivity (Wildman–Crippen MR) is 66.1 cm³/mol. The molecule has 0 spiro atoms. The summed E-state index contributed by atoms with van der Waals surface area (Å²) in [5.41, 5.74) is -0.108. The number of rotatable bonds is 5. The molecule has 1 saturated carbocycles. The second-order valence-corrected chi connectivity index (χ2v) is 5.29. The number of aromatic nitrogens is 2. The highest BCUT2D eigenvalue weighted by Crippen LogP contribution is 2.23. The number of nitrogens with one attached hydrogen (secondary N) is 1. The van der Waals surface area contributed by atoms with Gasteiger partial charge in [0.25, 0.3) is 5.56 Å². The normalized spacial score (nSPS) is 15.9. The molecule has 0 radical (unpaired) electrons. The van der Waals surface area contributed by atoms with Crippen LogP contribution in [0.4, 0.5) is 5.69 Å². The van der Waals surface area contributed by atoms with Gasteiger partial charge in [0.05, 0.1) is 17.5 Å². The van der Waals surface area contributed by atoms with Gasteiger partial charge in [-0.05, 0) is 33.1 Å². The summed E-state index contributed by atoms with van der Waals surface area (Å²) < 4.78 is 1.38. The third kappa shape index (κ3) is 3.85. The van der Waals surface area contributed by atoms with Gasteiger partial charge in [-0.2, -0.15) is 5.10 Å². The standard InChI is InChI=1S/C12H19N3O2/c1-12(2,17)5-6-15-11(16)7-10(8-13-15)14-9-3-4-9/h7-9,14,17H,3-6H2,1-2H3. The lowest BCUT2D eigenvalue weighted by molar-refractivity contribution is 0.0646. The zero-order chi connectivity index (χ0) is 12.5. The quantitative estimate of drug-likeness (QED) is 0.801. The van der Waals surface area contributed by atoms with Crippen LogP contribution in [0, 0.1) is 0 Å². The molecule has 1 aliphatic carbocycles. The van der Waals surface area contributed by atoms with Crippen LogP contribution in [0.1, 0.15) is 33.1 Å². The highest BCUT2D eigenvalue weighted by molar-refractivity contribution is 5.41. The van der Waals surface area contributed by atoms with Gasteiger partial charge in [-0.15, -0.1) is 0 Å². The summed E-state index contributed by atoms with van der Waals surface area (Å²) in [4.78, 5) is 11.7. The molecular formula is C12H19N3O2. The molecule has 1 aliphatic rings. The van der Waals surface area contributed by atoms with Crippen molar-refractivity contribution < 1.29 is 5.11 Å². The van der Waals surface area contributed by atoms with Crippen molar-refractivity contribution in [2.75, 3.05) is 5.32 Å². The van der Waals surface area contributed by atoms with Crippen molar-refractivity contribution in [1.29, 1.82) is 0 Å². The van der Waals surface area contributed by atoms with E-state index in [0.717, 1.165) is 5.69 Å². The van der Waals surface area contributed by atoms with E-state index < -0.39 is 5.60 Å². The fraction of sp³-hybridized carbons (Fsp3) is 0.667. The van der Waals surface area contributed by atoms with E-state index >= 15 is 0 Å². The van der Waals surface area contributed by atoms with E-state index in [0.29, 0.717) is 19.0 Å². The molecular weight excluding hydrogens is 218 g/mol. The van der Waals surface area contributed by atoms with Crippen LogP contribution in [0.3, 0.4) is 0 Å². The van der Waals surface area contributed by atoms with E-state index in [2.05, 4.69) is 10.4 Å². The molecule has 1 aromatic rings. The third-order valence-electron chi connectivity index (χ3n) is 2.75. The Morgan fingerprint density at radius 2 is 2.29 bits per heavy atom. The number of hydrogen-bond donors (Lipinski definition) is 2. The van der Waals surface area contributed by atoms with Crippen molar-refractivity contribution in [1.82, 2.24) is 9.78 Å². The first-order valence-electron chi connectivity index (χ1n) is 6.00. The van der Waals surface area contributed by atoms with Gasteiger partial charge in [0.1, 0.15) is 0 Å². The van der Waals surface area contributed by atoms with Crippen molar-refractivity contribution >= 4 is 5.69 Å². The number of anilines is 1. The highest BCUT2D eigenvalue weighted by Gasteiger charge is 2.21. The summed E-state index contributed by atoms with van der Waals surface area (Å²) in [7, 11) is 0. The molecule has 1 fully saturated rings. The Hall–Kier alpha value is -1.36. The van der Waals surface area contributed by atoms with Gasteiger partial charge in [-0.25, -0.2) is 4.68 Å². The number of hydrogen-bond acceptors (Lipinski definition) is 4. The number of aryl methyl sites for hydroxylation is 1. The van der Waals surface area contributed by atoms with Gasteiger partial charge >= 0.3 is 0 Å². The van der Waals surface area contributed by atoms with E-state index in [9.17, 15) is 9.90 Å². The van der Waals surface area contributed by atoms with Crippen molar-refractivity contribution in [3.63, 3.8) is 0 Å². The molecule has 0 aromatic carbocycles. The van der Waals surface area contributed by atoms with Crippen molar-refractivity contribution in [2.45, 2.75) is 51.3 Å². The molecule has 0 atom stereocenters. The summed E-state index contributed by atoms with van der Waals surface area (Å²) in [6.07, 6.45) is 4.52. The maximum absolute atomic E-state index is 11.7. The molecule has 1 aromatic heterocycles. The first kappa shape index (κ1) is 12.1. The van der Waals surface area contributed by atoms with Crippen LogP contribution in [-0.2, 0) is 6.54 Å². The number of aliphatic hydroxyl groups is 1. The summed E-state index contributed by atoms with van der Waals surface area (Å²) in [5.74, 6) is 0. The van der Waals surface area contributed by atoms with Gasteiger partial charge in [-0.3, -0.25) is 4.79 Å². The maximum atomic E-state index is 11.7. The largest absolute Gasteiger partial charge is 0.390 e. The zero-order valence-corrected chi connectivity index (χ0v) is 10.3. The Kier molecular flexibility index (Phi) is 3.19. The van der Waals surface area contributed by atoms with Gasteiger partial charge in [0.2, 0.25) is 0 Å². The van der Waals surface area contributed by atoms with Crippen LogP contribution in [0.15, 0.2) is 17.1 Å².